The van der Waals surface area contributed by atoms with Crippen molar-refractivity contribution in [1.29, 1.82) is 0 Å². The molecule has 2 N–H and O–H groups in total. The molecular formula is C16H17F2N3O4S. The van der Waals surface area contributed by atoms with E-state index in [1.807, 2.05) is 0 Å². The summed E-state index contributed by atoms with van der Waals surface area (Å²) in [4.78, 5) is 10.3. The smallest absolute Gasteiger partial charge is 0.293 e. The van der Waals surface area contributed by atoms with Crippen LogP contribution in [0.3, 0.4) is 0 Å². The van der Waals surface area contributed by atoms with E-state index in [4.69, 9.17) is 0 Å². The predicted octanol–water partition coefficient (Wildman–Crippen LogP) is 3.34. The number of halogens is 2. The third kappa shape index (κ3) is 4.14. The average molecular weight is 385 g/mol. The van der Waals surface area contributed by atoms with Gasteiger partial charge in [-0.3, -0.25) is 10.1 Å². The van der Waals surface area contributed by atoms with Gasteiger partial charge in [0.15, 0.2) is 0 Å². The van der Waals surface area contributed by atoms with Crippen molar-refractivity contribution in [2.75, 3.05) is 12.4 Å². The molecule has 2 aromatic carbocycles. The molecule has 0 aliphatic heterocycles. The zero-order valence-corrected chi connectivity index (χ0v) is 14.8. The maximum Gasteiger partial charge on any atom is 0.293 e. The number of nitrogens with one attached hydrogen (secondary N) is 2. The number of benzene rings is 2. The van der Waals surface area contributed by atoms with Gasteiger partial charge in [0.05, 0.1) is 15.9 Å². The van der Waals surface area contributed by atoms with Gasteiger partial charge in [-0.2, -0.15) is 0 Å². The summed E-state index contributed by atoms with van der Waals surface area (Å²) in [5, 5.41) is 14.1. The second-order valence-corrected chi connectivity index (χ2v) is 7.30. The number of rotatable bonds is 7. The number of hydrogen-bond donors (Lipinski definition) is 2. The van der Waals surface area contributed by atoms with E-state index in [-0.39, 0.29) is 16.1 Å². The molecule has 0 spiro atoms. The van der Waals surface area contributed by atoms with Gasteiger partial charge in [-0.25, -0.2) is 21.9 Å². The van der Waals surface area contributed by atoms with Crippen LogP contribution in [-0.4, -0.2) is 20.4 Å². The lowest BCUT2D eigenvalue weighted by Gasteiger charge is -2.19. The van der Waals surface area contributed by atoms with Gasteiger partial charge in [-0.1, -0.05) is 6.92 Å². The van der Waals surface area contributed by atoms with E-state index >= 15 is 0 Å². The van der Waals surface area contributed by atoms with Crippen LogP contribution >= 0.6 is 0 Å². The number of hydrogen-bond acceptors (Lipinski definition) is 5. The first-order valence-electron chi connectivity index (χ1n) is 7.63. The van der Waals surface area contributed by atoms with E-state index in [1.165, 1.54) is 19.2 Å². The molecule has 0 radical (unpaired) electrons. The number of sulfonamides is 1. The van der Waals surface area contributed by atoms with Crippen LogP contribution in [0.25, 0.3) is 0 Å². The van der Waals surface area contributed by atoms with Crippen LogP contribution in [0.1, 0.15) is 24.9 Å². The highest BCUT2D eigenvalue weighted by molar-refractivity contribution is 7.89. The standard InChI is InChI=1S/C16H17F2N3O4S/c1-3-14(12-8-10(17)4-6-13(12)18)20-15-7-5-11(26(24,25)19-2)9-16(15)21(22)23/h4-9,14,19-20H,3H2,1-2H3. The fourth-order valence-electron chi connectivity index (χ4n) is 2.44. The molecule has 0 bridgehead atoms. The quantitative estimate of drug-likeness (QED) is 0.562. The lowest BCUT2D eigenvalue weighted by molar-refractivity contribution is -0.384. The summed E-state index contributed by atoms with van der Waals surface area (Å²) in [5.74, 6) is -1.28. The Balaban J connectivity index is 2.47. The van der Waals surface area contributed by atoms with Crippen molar-refractivity contribution < 1.29 is 22.1 Å². The van der Waals surface area contributed by atoms with Gasteiger partial charge in [0, 0.05) is 11.6 Å². The Hall–Kier alpha value is -2.59. The normalized spacial score (nSPS) is 12.6. The molecule has 0 aliphatic rings. The van der Waals surface area contributed by atoms with Crippen LogP contribution in [0.4, 0.5) is 20.2 Å². The number of nitro groups is 1. The molecule has 0 aromatic heterocycles. The second-order valence-electron chi connectivity index (χ2n) is 5.41. The van der Waals surface area contributed by atoms with Crippen molar-refractivity contribution in [2.24, 2.45) is 0 Å². The Morgan fingerprint density at radius 1 is 1.19 bits per heavy atom. The van der Waals surface area contributed by atoms with Crippen LogP contribution < -0.4 is 10.0 Å². The summed E-state index contributed by atoms with van der Waals surface area (Å²) < 4.78 is 53.2. The highest BCUT2D eigenvalue weighted by atomic mass is 32.2. The van der Waals surface area contributed by atoms with E-state index in [2.05, 4.69) is 10.0 Å². The number of nitrogens with zero attached hydrogens (tertiary/aromatic N) is 1. The summed E-state index contributed by atoms with van der Waals surface area (Å²) in [6.07, 6.45) is 0.314. The van der Waals surface area contributed by atoms with Gasteiger partial charge in [-0.05, 0) is 43.8 Å². The maximum atomic E-state index is 14.0. The van der Waals surface area contributed by atoms with Gasteiger partial charge in [0.25, 0.3) is 5.69 Å². The monoisotopic (exact) mass is 385 g/mol. The Labute approximate surface area is 149 Å². The molecule has 0 heterocycles. The molecule has 0 fully saturated rings. The van der Waals surface area contributed by atoms with Crippen LogP contribution in [-0.2, 0) is 10.0 Å². The van der Waals surface area contributed by atoms with E-state index in [0.717, 1.165) is 24.3 Å². The van der Waals surface area contributed by atoms with Gasteiger partial charge in [-0.15, -0.1) is 0 Å². The van der Waals surface area contributed by atoms with Crippen LogP contribution in [0.5, 0.6) is 0 Å². The Morgan fingerprint density at radius 3 is 2.46 bits per heavy atom. The highest BCUT2D eigenvalue weighted by Gasteiger charge is 2.23. The van der Waals surface area contributed by atoms with Gasteiger partial charge < -0.3 is 5.32 Å². The summed E-state index contributed by atoms with van der Waals surface area (Å²) in [6.45, 7) is 1.70. The Kier molecular flexibility index (Phi) is 5.88. The third-order valence-corrected chi connectivity index (χ3v) is 5.23. The zero-order valence-electron chi connectivity index (χ0n) is 14.0. The molecular weight excluding hydrogens is 368 g/mol. The molecule has 26 heavy (non-hydrogen) atoms. The minimum atomic E-state index is -3.86. The summed E-state index contributed by atoms with van der Waals surface area (Å²) in [6, 6.07) is 5.55. The van der Waals surface area contributed by atoms with Crippen molar-refractivity contribution in [3.05, 3.63) is 63.7 Å². The third-order valence-electron chi connectivity index (χ3n) is 3.82. The van der Waals surface area contributed by atoms with Crippen molar-refractivity contribution in [2.45, 2.75) is 24.3 Å². The van der Waals surface area contributed by atoms with E-state index in [9.17, 15) is 27.3 Å². The molecule has 140 valence electrons. The first-order valence-corrected chi connectivity index (χ1v) is 9.11. The molecule has 0 aliphatic carbocycles. The topological polar surface area (TPSA) is 101 Å². The largest absolute Gasteiger partial charge is 0.373 e. The van der Waals surface area contributed by atoms with Crippen molar-refractivity contribution in [3.8, 4) is 0 Å². The lowest BCUT2D eigenvalue weighted by atomic mass is 10.0. The van der Waals surface area contributed by atoms with E-state index < -0.39 is 38.3 Å². The van der Waals surface area contributed by atoms with Gasteiger partial charge in [0.1, 0.15) is 17.3 Å². The van der Waals surface area contributed by atoms with Gasteiger partial charge in [0.2, 0.25) is 10.0 Å². The first kappa shape index (κ1) is 19.7. The summed E-state index contributed by atoms with van der Waals surface area (Å²) in [7, 11) is -2.67. The number of nitro benzene ring substituents is 1. The molecule has 2 aromatic rings. The van der Waals surface area contributed by atoms with Crippen molar-refractivity contribution in [1.82, 2.24) is 4.72 Å². The van der Waals surface area contributed by atoms with Crippen LogP contribution in [0.15, 0.2) is 41.3 Å². The van der Waals surface area contributed by atoms with Gasteiger partial charge >= 0.3 is 0 Å². The SMILES string of the molecule is CCC(Nc1ccc(S(=O)(=O)NC)cc1[N+](=O)[O-])c1cc(F)ccc1F. The Morgan fingerprint density at radius 2 is 1.88 bits per heavy atom. The first-order chi connectivity index (χ1) is 12.2. The maximum absolute atomic E-state index is 14.0. The molecule has 10 heteroatoms. The molecule has 0 saturated carbocycles. The minimum absolute atomic E-state index is 0.000522. The minimum Gasteiger partial charge on any atom is -0.373 e. The molecule has 0 saturated heterocycles. The summed E-state index contributed by atoms with van der Waals surface area (Å²) >= 11 is 0. The molecule has 2 rings (SSSR count). The second kappa shape index (κ2) is 7.75. The van der Waals surface area contributed by atoms with Crippen LogP contribution in [0, 0.1) is 21.7 Å². The fourth-order valence-corrected chi connectivity index (χ4v) is 3.19. The predicted molar refractivity (Wildman–Crippen MR) is 92.4 cm³/mol. The molecule has 1 unspecified atom stereocenters. The number of anilines is 1. The average Bonchev–Trinajstić information content (AvgIpc) is 2.61. The molecule has 0 amide bonds. The Bertz CT molecular complexity index is 935. The van der Waals surface area contributed by atoms with E-state index in [0.29, 0.717) is 6.42 Å². The van der Waals surface area contributed by atoms with Crippen molar-refractivity contribution in [3.63, 3.8) is 0 Å². The fraction of sp³-hybridized carbons (Fsp3) is 0.250. The van der Waals surface area contributed by atoms with Crippen LogP contribution in [0.2, 0.25) is 0 Å². The van der Waals surface area contributed by atoms with E-state index in [1.54, 1.807) is 6.92 Å². The molecule has 7 nitrogen and oxygen atoms in total. The summed E-state index contributed by atoms with van der Waals surface area (Å²) in [5.41, 5.74) is -0.467. The zero-order chi connectivity index (χ0) is 19.5. The van der Waals surface area contributed by atoms with Crippen molar-refractivity contribution >= 4 is 21.4 Å². The molecule has 1 atom stereocenters. The lowest BCUT2D eigenvalue weighted by Crippen LogP contribution is -2.19. The highest BCUT2D eigenvalue weighted by Crippen LogP contribution is 2.32.